The maximum atomic E-state index is 2.53. The van der Waals surface area contributed by atoms with E-state index in [1.807, 2.05) is 0 Å². The van der Waals surface area contributed by atoms with Gasteiger partial charge in [0.15, 0.2) is 0 Å². The van der Waals surface area contributed by atoms with Gasteiger partial charge in [-0.2, -0.15) is 0 Å². The highest BCUT2D eigenvalue weighted by Crippen LogP contribution is 2.43. The summed E-state index contributed by atoms with van der Waals surface area (Å²) in [5, 5.41) is 2.61. The van der Waals surface area contributed by atoms with Gasteiger partial charge in [0.2, 0.25) is 0 Å². The van der Waals surface area contributed by atoms with Crippen LogP contribution in [0.5, 0.6) is 0 Å². The molecule has 5 aromatic rings. The van der Waals surface area contributed by atoms with Gasteiger partial charge < -0.3 is 4.57 Å². The van der Waals surface area contributed by atoms with Crippen LogP contribution >= 0.6 is 0 Å². The number of fused-ring (bicyclic) bond motifs is 3. The largest absolute Gasteiger partial charge is 0.309 e. The van der Waals surface area contributed by atoms with Crippen LogP contribution in [0.1, 0.15) is 105 Å². The molecule has 0 saturated heterocycles. The van der Waals surface area contributed by atoms with Crippen LogP contribution in [0.3, 0.4) is 0 Å². The van der Waals surface area contributed by atoms with Crippen LogP contribution in [-0.2, 0) is 21.7 Å². The van der Waals surface area contributed by atoms with E-state index in [0.717, 1.165) is 0 Å². The Hall–Kier alpha value is -3.32. The zero-order valence-corrected chi connectivity index (χ0v) is 27.5. The molecular formula is C40H49N. The lowest BCUT2D eigenvalue weighted by molar-refractivity contribution is 0.568. The fourth-order valence-corrected chi connectivity index (χ4v) is 6.10. The molecule has 5 rings (SSSR count). The molecule has 1 nitrogen and oxygen atoms in total. The second-order valence-electron chi connectivity index (χ2n) is 16.1. The van der Waals surface area contributed by atoms with Crippen molar-refractivity contribution in [3.63, 3.8) is 0 Å². The normalized spacial score (nSPS) is 13.4. The molecule has 0 fully saturated rings. The first-order chi connectivity index (χ1) is 18.9. The Morgan fingerprint density at radius 3 is 1.56 bits per heavy atom. The third-order valence-corrected chi connectivity index (χ3v) is 8.55. The maximum absolute atomic E-state index is 2.53. The number of hydrogen-bond donors (Lipinski definition) is 0. The third kappa shape index (κ3) is 5.36. The molecule has 0 saturated carbocycles. The standard InChI is InChI=1S/C40H49N/c1-37(2,3)27-20-21-32-31-16-13-14-18-33(31)41(35(32)25-27)34-19-15-17-30(36(34)40(10,11)12)26-22-28(38(4,5)6)24-29(23-26)39(7,8)9/h13-25H,1-12H3. The smallest absolute Gasteiger partial charge is 0.0544 e. The van der Waals surface area contributed by atoms with Crippen molar-refractivity contribution in [2.24, 2.45) is 0 Å². The van der Waals surface area contributed by atoms with Crippen LogP contribution in [0.2, 0.25) is 0 Å². The van der Waals surface area contributed by atoms with Crippen molar-refractivity contribution in [2.45, 2.75) is 105 Å². The molecule has 41 heavy (non-hydrogen) atoms. The molecule has 0 aliphatic carbocycles. The zero-order valence-electron chi connectivity index (χ0n) is 27.5. The minimum atomic E-state index is -0.0785. The van der Waals surface area contributed by atoms with E-state index in [1.54, 1.807) is 0 Å². The van der Waals surface area contributed by atoms with Crippen molar-refractivity contribution in [2.75, 3.05) is 0 Å². The molecule has 0 amide bonds. The second-order valence-corrected chi connectivity index (χ2v) is 16.1. The van der Waals surface area contributed by atoms with Gasteiger partial charge >= 0.3 is 0 Å². The van der Waals surface area contributed by atoms with Crippen molar-refractivity contribution in [1.29, 1.82) is 0 Å². The third-order valence-electron chi connectivity index (χ3n) is 8.55. The Balaban J connectivity index is 1.91. The summed E-state index contributed by atoms with van der Waals surface area (Å²) in [7, 11) is 0. The molecule has 0 aliphatic heterocycles. The lowest BCUT2D eigenvalue weighted by atomic mass is 9.76. The van der Waals surface area contributed by atoms with E-state index >= 15 is 0 Å². The molecule has 1 aromatic heterocycles. The van der Waals surface area contributed by atoms with Crippen LogP contribution in [0.25, 0.3) is 38.6 Å². The molecule has 0 atom stereocenters. The summed E-state index contributed by atoms with van der Waals surface area (Å²) >= 11 is 0. The minimum absolute atomic E-state index is 0.0612. The molecule has 1 heteroatoms. The second kappa shape index (κ2) is 9.62. The summed E-state index contributed by atoms with van der Waals surface area (Å²) in [6.45, 7) is 27.9. The van der Waals surface area contributed by atoms with Crippen LogP contribution in [0.4, 0.5) is 0 Å². The number of rotatable bonds is 2. The van der Waals surface area contributed by atoms with Crippen LogP contribution in [0.15, 0.2) is 78.9 Å². The number of benzene rings is 4. The first kappa shape index (κ1) is 29.2. The predicted octanol–water partition coefficient (Wildman–Crippen LogP) is 11.6. The van der Waals surface area contributed by atoms with E-state index in [9.17, 15) is 0 Å². The van der Waals surface area contributed by atoms with Gasteiger partial charge in [0.05, 0.1) is 16.7 Å². The van der Waals surface area contributed by atoms with Crippen LogP contribution < -0.4 is 0 Å². The summed E-state index contributed by atoms with van der Waals surface area (Å²) < 4.78 is 2.53. The van der Waals surface area contributed by atoms with Gasteiger partial charge in [-0.3, -0.25) is 0 Å². The molecular weight excluding hydrogens is 494 g/mol. The van der Waals surface area contributed by atoms with E-state index < -0.39 is 0 Å². The van der Waals surface area contributed by atoms with E-state index in [0.29, 0.717) is 0 Å². The summed E-state index contributed by atoms with van der Waals surface area (Å²) in [5.74, 6) is 0. The Labute approximate surface area is 248 Å². The van der Waals surface area contributed by atoms with Crippen molar-refractivity contribution in [1.82, 2.24) is 4.57 Å². The van der Waals surface area contributed by atoms with E-state index in [4.69, 9.17) is 0 Å². The molecule has 0 bridgehead atoms. The van der Waals surface area contributed by atoms with Gasteiger partial charge in [0.1, 0.15) is 0 Å². The van der Waals surface area contributed by atoms with E-state index in [2.05, 4.69) is 167 Å². The summed E-state index contributed by atoms with van der Waals surface area (Å²) in [6, 6.07) is 30.2. The first-order valence-electron chi connectivity index (χ1n) is 15.2. The lowest BCUT2D eigenvalue weighted by Gasteiger charge is -2.30. The fourth-order valence-electron chi connectivity index (χ4n) is 6.10. The molecule has 0 unspecified atom stereocenters. The van der Waals surface area contributed by atoms with Gasteiger partial charge in [-0.25, -0.2) is 0 Å². The van der Waals surface area contributed by atoms with Crippen molar-refractivity contribution in [3.05, 3.63) is 101 Å². The summed E-state index contributed by atoms with van der Waals surface area (Å²) in [6.07, 6.45) is 0. The predicted molar refractivity (Wildman–Crippen MR) is 181 cm³/mol. The number of aromatic nitrogens is 1. The highest BCUT2D eigenvalue weighted by atomic mass is 15.0. The molecule has 1 heterocycles. The topological polar surface area (TPSA) is 4.93 Å². The number of hydrogen-bond acceptors (Lipinski definition) is 0. The molecule has 0 aliphatic rings. The van der Waals surface area contributed by atoms with Gasteiger partial charge in [0.25, 0.3) is 0 Å². The molecule has 214 valence electrons. The van der Waals surface area contributed by atoms with Crippen LogP contribution in [0, 0.1) is 0 Å². The molecule has 0 radical (unpaired) electrons. The SMILES string of the molecule is CC(C)(C)c1cc(-c2cccc(-n3c4ccccc4c4ccc(C(C)(C)C)cc43)c2C(C)(C)C)cc(C(C)(C)C)c1. The van der Waals surface area contributed by atoms with Crippen molar-refractivity contribution in [3.8, 4) is 16.8 Å². The highest BCUT2D eigenvalue weighted by Gasteiger charge is 2.28. The van der Waals surface area contributed by atoms with E-state index in [1.165, 1.54) is 60.9 Å². The fraction of sp³-hybridized carbons (Fsp3) is 0.400. The van der Waals surface area contributed by atoms with Gasteiger partial charge in [0, 0.05) is 10.8 Å². The quantitative estimate of drug-likeness (QED) is 0.209. The monoisotopic (exact) mass is 543 g/mol. The van der Waals surface area contributed by atoms with Gasteiger partial charge in [-0.15, -0.1) is 0 Å². The Morgan fingerprint density at radius 1 is 0.439 bits per heavy atom. The van der Waals surface area contributed by atoms with Crippen molar-refractivity contribution < 1.29 is 0 Å². The van der Waals surface area contributed by atoms with Gasteiger partial charge in [-0.1, -0.05) is 144 Å². The highest BCUT2D eigenvalue weighted by molar-refractivity contribution is 6.09. The minimum Gasteiger partial charge on any atom is -0.309 e. The maximum Gasteiger partial charge on any atom is 0.0544 e. The Morgan fingerprint density at radius 2 is 1.00 bits per heavy atom. The van der Waals surface area contributed by atoms with Gasteiger partial charge in [-0.05, 0) is 73.2 Å². The average molecular weight is 544 g/mol. The number of para-hydroxylation sites is 1. The van der Waals surface area contributed by atoms with Crippen molar-refractivity contribution >= 4 is 21.8 Å². The molecule has 0 spiro atoms. The summed E-state index contributed by atoms with van der Waals surface area (Å²) in [4.78, 5) is 0. The number of nitrogens with zero attached hydrogens (tertiary/aromatic N) is 1. The molecule has 4 aromatic carbocycles. The zero-order chi connectivity index (χ0) is 30.1. The Bertz CT molecular complexity index is 1720. The lowest BCUT2D eigenvalue weighted by Crippen LogP contribution is -2.19. The first-order valence-corrected chi connectivity index (χ1v) is 15.2. The average Bonchev–Trinajstić information content (AvgIpc) is 3.19. The summed E-state index contributed by atoms with van der Waals surface area (Å²) in [5.41, 5.74) is 12.1. The Kier molecular flexibility index (Phi) is 6.85. The van der Waals surface area contributed by atoms with Crippen LogP contribution in [-0.4, -0.2) is 4.57 Å². The molecule has 0 N–H and O–H groups in total. The van der Waals surface area contributed by atoms with E-state index in [-0.39, 0.29) is 21.7 Å².